The van der Waals surface area contributed by atoms with Gasteiger partial charge in [-0.2, -0.15) is 5.10 Å². The Hall–Kier alpha value is -1.84. The van der Waals surface area contributed by atoms with Gasteiger partial charge >= 0.3 is 5.97 Å². The van der Waals surface area contributed by atoms with Crippen LogP contribution in [0, 0.1) is 5.92 Å². The first kappa shape index (κ1) is 14.2. The number of hydrogen-bond acceptors (Lipinski definition) is 4. The normalized spacial score (nSPS) is 11.4. The summed E-state index contributed by atoms with van der Waals surface area (Å²) in [4.78, 5) is 11.7. The molecule has 98 valence electrons. The third kappa shape index (κ3) is 4.99. The number of nitrogens with zero attached hydrogens (tertiary/aromatic N) is 1. The van der Waals surface area contributed by atoms with Gasteiger partial charge in [-0.05, 0) is 25.0 Å². The van der Waals surface area contributed by atoms with E-state index in [-0.39, 0.29) is 5.97 Å². The summed E-state index contributed by atoms with van der Waals surface area (Å²) in [5.41, 5.74) is 4.15. The van der Waals surface area contributed by atoms with E-state index in [1.54, 1.807) is 6.92 Å². The van der Waals surface area contributed by atoms with Crippen molar-refractivity contribution in [2.75, 3.05) is 12.0 Å². The fraction of sp³-hybridized carbons (Fsp3) is 0.429. The number of esters is 1. The molecule has 0 amide bonds. The first-order chi connectivity index (χ1) is 8.63. The Morgan fingerprint density at radius 3 is 2.56 bits per heavy atom. The minimum atomic E-state index is -0.352. The van der Waals surface area contributed by atoms with Crippen LogP contribution < -0.4 is 5.43 Å². The fourth-order valence-corrected chi connectivity index (χ4v) is 1.42. The maximum Gasteiger partial charge on any atom is 0.354 e. The van der Waals surface area contributed by atoms with Gasteiger partial charge in [-0.25, -0.2) is 4.79 Å². The highest BCUT2D eigenvalue weighted by Gasteiger charge is 2.14. The lowest BCUT2D eigenvalue weighted by atomic mass is 10.1. The summed E-state index contributed by atoms with van der Waals surface area (Å²) in [7, 11) is 0. The second-order valence-electron chi connectivity index (χ2n) is 4.35. The summed E-state index contributed by atoms with van der Waals surface area (Å²) in [5.74, 6) is 0.000334. The number of hydrogen-bond donors (Lipinski definition) is 1. The molecule has 0 saturated carbocycles. The minimum Gasteiger partial charge on any atom is -0.461 e. The largest absolute Gasteiger partial charge is 0.461 e. The molecule has 1 N–H and O–H groups in total. The van der Waals surface area contributed by atoms with Gasteiger partial charge in [0.2, 0.25) is 0 Å². The smallest absolute Gasteiger partial charge is 0.354 e. The highest BCUT2D eigenvalue weighted by molar-refractivity contribution is 6.36. The molecule has 0 radical (unpaired) electrons. The molecule has 0 spiro atoms. The van der Waals surface area contributed by atoms with Crippen LogP contribution in [0.25, 0.3) is 0 Å². The Kier molecular flexibility index (Phi) is 5.91. The third-order valence-corrected chi connectivity index (χ3v) is 2.21. The number of para-hydroxylation sites is 1. The van der Waals surface area contributed by atoms with Crippen molar-refractivity contribution in [1.82, 2.24) is 0 Å². The van der Waals surface area contributed by atoms with Crippen LogP contribution in [0.1, 0.15) is 27.2 Å². The van der Waals surface area contributed by atoms with Gasteiger partial charge in [0, 0.05) is 6.42 Å². The van der Waals surface area contributed by atoms with Gasteiger partial charge in [-0.1, -0.05) is 32.0 Å². The molecule has 0 aromatic heterocycles. The molecule has 0 fully saturated rings. The van der Waals surface area contributed by atoms with Crippen molar-refractivity contribution in [1.29, 1.82) is 0 Å². The molecule has 0 heterocycles. The molecule has 1 aromatic carbocycles. The SMILES string of the molecule is CCOC(=O)C(CC(C)C)=NNc1ccccc1. The van der Waals surface area contributed by atoms with Crippen molar-refractivity contribution < 1.29 is 9.53 Å². The van der Waals surface area contributed by atoms with Crippen LogP contribution in [0.5, 0.6) is 0 Å². The first-order valence-corrected chi connectivity index (χ1v) is 6.18. The number of nitrogens with one attached hydrogen (secondary N) is 1. The Bertz CT molecular complexity index is 400. The van der Waals surface area contributed by atoms with Crippen LogP contribution in [0.4, 0.5) is 5.69 Å². The van der Waals surface area contributed by atoms with E-state index in [4.69, 9.17) is 4.74 Å². The van der Waals surface area contributed by atoms with Crippen molar-refractivity contribution in [3.05, 3.63) is 30.3 Å². The molecular weight excluding hydrogens is 228 g/mol. The molecule has 4 heteroatoms. The van der Waals surface area contributed by atoms with Crippen LogP contribution in [0.3, 0.4) is 0 Å². The molecule has 0 saturated heterocycles. The number of carbonyl (C=O) groups excluding carboxylic acids is 1. The lowest BCUT2D eigenvalue weighted by Crippen LogP contribution is -2.20. The Morgan fingerprint density at radius 1 is 1.33 bits per heavy atom. The van der Waals surface area contributed by atoms with Crippen molar-refractivity contribution in [3.63, 3.8) is 0 Å². The average Bonchev–Trinajstić information content (AvgIpc) is 2.35. The molecule has 0 unspecified atom stereocenters. The topological polar surface area (TPSA) is 50.7 Å². The Labute approximate surface area is 108 Å². The van der Waals surface area contributed by atoms with Crippen LogP contribution in [-0.4, -0.2) is 18.3 Å². The van der Waals surface area contributed by atoms with Gasteiger partial charge in [0.15, 0.2) is 0 Å². The minimum absolute atomic E-state index is 0.352. The zero-order valence-corrected chi connectivity index (χ0v) is 11.1. The summed E-state index contributed by atoms with van der Waals surface area (Å²) in [6, 6.07) is 9.52. The number of anilines is 1. The molecule has 1 rings (SSSR count). The Balaban J connectivity index is 2.72. The van der Waals surface area contributed by atoms with Gasteiger partial charge in [0.25, 0.3) is 0 Å². The highest BCUT2D eigenvalue weighted by atomic mass is 16.5. The fourth-order valence-electron chi connectivity index (χ4n) is 1.42. The summed E-state index contributed by atoms with van der Waals surface area (Å²) < 4.78 is 4.98. The van der Waals surface area contributed by atoms with E-state index in [1.807, 2.05) is 44.2 Å². The van der Waals surface area contributed by atoms with Gasteiger partial charge in [0.05, 0.1) is 12.3 Å². The van der Waals surface area contributed by atoms with Gasteiger partial charge in [-0.15, -0.1) is 0 Å². The van der Waals surface area contributed by atoms with E-state index in [1.165, 1.54) is 0 Å². The molecule has 0 atom stereocenters. The third-order valence-electron chi connectivity index (χ3n) is 2.21. The average molecular weight is 248 g/mol. The number of benzene rings is 1. The molecular formula is C14H20N2O2. The Morgan fingerprint density at radius 2 is 2.00 bits per heavy atom. The second kappa shape index (κ2) is 7.48. The molecule has 0 aliphatic heterocycles. The monoisotopic (exact) mass is 248 g/mol. The van der Waals surface area contributed by atoms with E-state index in [2.05, 4.69) is 10.5 Å². The van der Waals surface area contributed by atoms with E-state index >= 15 is 0 Å². The van der Waals surface area contributed by atoms with Gasteiger partial charge in [0.1, 0.15) is 5.71 Å². The summed E-state index contributed by atoms with van der Waals surface area (Å²) in [6.45, 7) is 6.23. The predicted molar refractivity (Wildman–Crippen MR) is 73.6 cm³/mol. The van der Waals surface area contributed by atoms with Crippen molar-refractivity contribution >= 4 is 17.4 Å². The zero-order chi connectivity index (χ0) is 13.4. The quantitative estimate of drug-likeness (QED) is 0.478. The van der Waals surface area contributed by atoms with Crippen LogP contribution in [-0.2, 0) is 9.53 Å². The van der Waals surface area contributed by atoms with Crippen LogP contribution in [0.15, 0.2) is 35.4 Å². The molecule has 0 bridgehead atoms. The highest BCUT2D eigenvalue weighted by Crippen LogP contribution is 2.07. The van der Waals surface area contributed by atoms with E-state index < -0.39 is 0 Å². The zero-order valence-electron chi connectivity index (χ0n) is 11.1. The van der Waals surface area contributed by atoms with Gasteiger partial charge in [-0.3, -0.25) is 5.43 Å². The van der Waals surface area contributed by atoms with Crippen molar-refractivity contribution in [3.8, 4) is 0 Å². The van der Waals surface area contributed by atoms with Crippen LogP contribution in [0.2, 0.25) is 0 Å². The predicted octanol–water partition coefficient (Wildman–Crippen LogP) is 3.06. The van der Waals surface area contributed by atoms with Crippen LogP contribution >= 0.6 is 0 Å². The van der Waals surface area contributed by atoms with Crippen molar-refractivity contribution in [2.45, 2.75) is 27.2 Å². The molecule has 0 aliphatic rings. The summed E-state index contributed by atoms with van der Waals surface area (Å²) >= 11 is 0. The lowest BCUT2D eigenvalue weighted by molar-refractivity contribution is -0.135. The molecule has 1 aromatic rings. The second-order valence-corrected chi connectivity index (χ2v) is 4.35. The number of hydrazone groups is 1. The van der Waals surface area contributed by atoms with Gasteiger partial charge < -0.3 is 4.74 Å². The first-order valence-electron chi connectivity index (χ1n) is 6.18. The number of ether oxygens (including phenoxy) is 1. The van der Waals surface area contributed by atoms with E-state index in [0.717, 1.165) is 5.69 Å². The van der Waals surface area contributed by atoms with Crippen molar-refractivity contribution in [2.24, 2.45) is 11.0 Å². The summed E-state index contributed by atoms with van der Waals surface area (Å²) in [6.07, 6.45) is 0.596. The van der Waals surface area contributed by atoms with E-state index in [9.17, 15) is 4.79 Å². The molecule has 4 nitrogen and oxygen atoms in total. The number of rotatable bonds is 6. The number of carbonyl (C=O) groups is 1. The summed E-state index contributed by atoms with van der Waals surface area (Å²) in [5, 5.41) is 4.14. The molecule has 0 aliphatic carbocycles. The molecule has 18 heavy (non-hydrogen) atoms. The lowest BCUT2D eigenvalue weighted by Gasteiger charge is -2.09. The standard InChI is InChI=1S/C14H20N2O2/c1-4-18-14(17)13(10-11(2)3)16-15-12-8-6-5-7-9-12/h5-9,11,15H,4,10H2,1-3H3. The maximum atomic E-state index is 11.7. The van der Waals surface area contributed by atoms with E-state index in [0.29, 0.717) is 24.7 Å². The maximum absolute atomic E-state index is 11.7.